The van der Waals surface area contributed by atoms with Crippen LogP contribution >= 0.6 is 12.2 Å². The SMILES string of the molecule is CCCN(CC)c1nc(C)cc(C(N)=S)n1. The molecule has 88 valence electrons. The molecule has 0 spiro atoms. The standard InChI is InChI=1S/C11H18N4S/c1-4-6-15(5-2)11-13-8(3)7-9(14-11)10(12)16/h7H,4-6H2,1-3H3,(H2,12,16). The number of hydrogen-bond donors (Lipinski definition) is 1. The molecule has 0 aliphatic heterocycles. The molecule has 0 radical (unpaired) electrons. The van der Waals surface area contributed by atoms with Crippen LogP contribution < -0.4 is 10.6 Å². The number of thiocarbonyl (C=S) groups is 1. The molecular formula is C11H18N4S. The molecule has 0 saturated carbocycles. The van der Waals surface area contributed by atoms with Crippen molar-refractivity contribution in [1.82, 2.24) is 9.97 Å². The fraction of sp³-hybridized carbons (Fsp3) is 0.545. The van der Waals surface area contributed by atoms with Gasteiger partial charge in [-0.1, -0.05) is 19.1 Å². The van der Waals surface area contributed by atoms with Crippen molar-refractivity contribution in [1.29, 1.82) is 0 Å². The first kappa shape index (κ1) is 12.8. The van der Waals surface area contributed by atoms with E-state index in [2.05, 4.69) is 28.7 Å². The predicted octanol–water partition coefficient (Wildman–Crippen LogP) is 1.66. The van der Waals surface area contributed by atoms with E-state index < -0.39 is 0 Å². The van der Waals surface area contributed by atoms with Gasteiger partial charge in [0, 0.05) is 18.8 Å². The Morgan fingerprint density at radius 3 is 2.62 bits per heavy atom. The number of aryl methyl sites for hydroxylation is 1. The van der Waals surface area contributed by atoms with Gasteiger partial charge < -0.3 is 10.6 Å². The van der Waals surface area contributed by atoms with E-state index in [1.165, 1.54) is 0 Å². The summed E-state index contributed by atoms with van der Waals surface area (Å²) in [6.07, 6.45) is 1.06. The van der Waals surface area contributed by atoms with Gasteiger partial charge in [-0.25, -0.2) is 9.97 Å². The first-order valence-electron chi connectivity index (χ1n) is 5.48. The smallest absolute Gasteiger partial charge is 0.226 e. The fourth-order valence-corrected chi connectivity index (χ4v) is 1.59. The van der Waals surface area contributed by atoms with Crippen LogP contribution in [0.1, 0.15) is 31.7 Å². The minimum atomic E-state index is 0.319. The van der Waals surface area contributed by atoms with Crippen molar-refractivity contribution < 1.29 is 0 Å². The zero-order valence-electron chi connectivity index (χ0n) is 10.0. The van der Waals surface area contributed by atoms with Crippen molar-refractivity contribution in [2.24, 2.45) is 5.73 Å². The molecule has 0 amide bonds. The Balaban J connectivity index is 3.07. The van der Waals surface area contributed by atoms with Crippen molar-refractivity contribution in [3.63, 3.8) is 0 Å². The van der Waals surface area contributed by atoms with Crippen LogP contribution in [-0.4, -0.2) is 28.0 Å². The second-order valence-electron chi connectivity index (χ2n) is 3.64. The van der Waals surface area contributed by atoms with Crippen LogP contribution in [-0.2, 0) is 0 Å². The molecule has 1 rings (SSSR count). The molecule has 0 aromatic carbocycles. The second kappa shape index (κ2) is 5.75. The van der Waals surface area contributed by atoms with E-state index in [1.54, 1.807) is 0 Å². The lowest BCUT2D eigenvalue weighted by atomic mass is 10.3. The van der Waals surface area contributed by atoms with E-state index >= 15 is 0 Å². The summed E-state index contributed by atoms with van der Waals surface area (Å²) in [5, 5.41) is 0. The molecule has 2 N–H and O–H groups in total. The third kappa shape index (κ3) is 3.13. The molecule has 16 heavy (non-hydrogen) atoms. The Morgan fingerprint density at radius 1 is 1.44 bits per heavy atom. The van der Waals surface area contributed by atoms with Gasteiger partial charge >= 0.3 is 0 Å². The van der Waals surface area contributed by atoms with Gasteiger partial charge in [-0.2, -0.15) is 0 Å². The topological polar surface area (TPSA) is 55.0 Å². The maximum Gasteiger partial charge on any atom is 0.226 e. The van der Waals surface area contributed by atoms with Crippen LogP contribution in [0.3, 0.4) is 0 Å². The normalized spacial score (nSPS) is 10.2. The Labute approximate surface area is 102 Å². The molecule has 5 heteroatoms. The number of hydrogen-bond acceptors (Lipinski definition) is 4. The summed E-state index contributed by atoms with van der Waals surface area (Å²) in [4.78, 5) is 11.2. The Morgan fingerprint density at radius 2 is 2.12 bits per heavy atom. The lowest BCUT2D eigenvalue weighted by Gasteiger charge is -2.20. The van der Waals surface area contributed by atoms with E-state index in [9.17, 15) is 0 Å². The van der Waals surface area contributed by atoms with Crippen molar-refractivity contribution in [3.05, 3.63) is 17.5 Å². The van der Waals surface area contributed by atoms with Crippen LogP contribution in [0.15, 0.2) is 6.07 Å². The van der Waals surface area contributed by atoms with E-state index in [0.29, 0.717) is 16.6 Å². The second-order valence-corrected chi connectivity index (χ2v) is 4.08. The average molecular weight is 238 g/mol. The van der Waals surface area contributed by atoms with E-state index in [-0.39, 0.29) is 0 Å². The third-order valence-corrected chi connectivity index (χ3v) is 2.46. The Hall–Kier alpha value is -1.23. The van der Waals surface area contributed by atoms with Gasteiger partial charge in [0.25, 0.3) is 0 Å². The largest absolute Gasteiger partial charge is 0.388 e. The molecule has 4 nitrogen and oxygen atoms in total. The molecule has 0 aliphatic carbocycles. The van der Waals surface area contributed by atoms with Crippen LogP contribution in [0.4, 0.5) is 5.95 Å². The summed E-state index contributed by atoms with van der Waals surface area (Å²) >= 11 is 4.94. The fourth-order valence-electron chi connectivity index (χ4n) is 1.49. The number of aromatic nitrogens is 2. The first-order valence-corrected chi connectivity index (χ1v) is 5.89. The van der Waals surface area contributed by atoms with Gasteiger partial charge in [0.15, 0.2) is 0 Å². The van der Waals surface area contributed by atoms with Gasteiger partial charge in [-0.3, -0.25) is 0 Å². The molecule has 1 aromatic heterocycles. The monoisotopic (exact) mass is 238 g/mol. The summed E-state index contributed by atoms with van der Waals surface area (Å²) in [7, 11) is 0. The van der Waals surface area contributed by atoms with Crippen molar-refractivity contribution >= 4 is 23.2 Å². The third-order valence-electron chi connectivity index (χ3n) is 2.25. The first-order chi connectivity index (χ1) is 7.58. The molecule has 1 aromatic rings. The van der Waals surface area contributed by atoms with Crippen molar-refractivity contribution in [2.75, 3.05) is 18.0 Å². The molecule has 0 bridgehead atoms. The average Bonchev–Trinajstić information content (AvgIpc) is 2.24. The maximum atomic E-state index is 5.59. The Bertz CT molecular complexity index is 378. The zero-order chi connectivity index (χ0) is 12.1. The molecule has 0 fully saturated rings. The summed E-state index contributed by atoms with van der Waals surface area (Å²) in [6, 6.07) is 1.81. The van der Waals surface area contributed by atoms with E-state index in [1.807, 2.05) is 13.0 Å². The maximum absolute atomic E-state index is 5.59. The van der Waals surface area contributed by atoms with E-state index in [0.717, 1.165) is 25.2 Å². The number of anilines is 1. The molecular weight excluding hydrogens is 220 g/mol. The zero-order valence-corrected chi connectivity index (χ0v) is 10.8. The van der Waals surface area contributed by atoms with Crippen molar-refractivity contribution in [2.45, 2.75) is 27.2 Å². The highest BCUT2D eigenvalue weighted by Gasteiger charge is 2.09. The predicted molar refractivity (Wildman–Crippen MR) is 70.8 cm³/mol. The quantitative estimate of drug-likeness (QED) is 0.791. The lowest BCUT2D eigenvalue weighted by Crippen LogP contribution is -2.27. The molecule has 0 aliphatic rings. The lowest BCUT2D eigenvalue weighted by molar-refractivity contribution is 0.758. The number of nitrogens with zero attached hydrogens (tertiary/aromatic N) is 3. The summed E-state index contributed by atoms with van der Waals surface area (Å²) < 4.78 is 0. The van der Waals surface area contributed by atoms with Crippen LogP contribution in [0.2, 0.25) is 0 Å². The van der Waals surface area contributed by atoms with Gasteiger partial charge in [-0.05, 0) is 26.3 Å². The highest BCUT2D eigenvalue weighted by atomic mass is 32.1. The highest BCUT2D eigenvalue weighted by Crippen LogP contribution is 2.10. The number of nitrogens with two attached hydrogens (primary N) is 1. The number of rotatable bonds is 5. The Kier molecular flexibility index (Phi) is 4.61. The molecule has 0 unspecified atom stereocenters. The van der Waals surface area contributed by atoms with Gasteiger partial charge in [-0.15, -0.1) is 0 Å². The summed E-state index contributed by atoms with van der Waals surface area (Å²) in [5.41, 5.74) is 7.13. The summed E-state index contributed by atoms with van der Waals surface area (Å²) in [5.74, 6) is 0.715. The van der Waals surface area contributed by atoms with Crippen molar-refractivity contribution in [3.8, 4) is 0 Å². The highest BCUT2D eigenvalue weighted by molar-refractivity contribution is 7.80. The van der Waals surface area contributed by atoms with Gasteiger partial charge in [0.2, 0.25) is 5.95 Å². The van der Waals surface area contributed by atoms with Crippen LogP contribution in [0.5, 0.6) is 0 Å². The van der Waals surface area contributed by atoms with Crippen LogP contribution in [0, 0.1) is 6.92 Å². The minimum Gasteiger partial charge on any atom is -0.388 e. The van der Waals surface area contributed by atoms with Crippen LogP contribution in [0.25, 0.3) is 0 Å². The summed E-state index contributed by atoms with van der Waals surface area (Å²) in [6.45, 7) is 7.96. The van der Waals surface area contributed by atoms with E-state index in [4.69, 9.17) is 18.0 Å². The minimum absolute atomic E-state index is 0.319. The van der Waals surface area contributed by atoms with Gasteiger partial charge in [0.1, 0.15) is 10.7 Å². The van der Waals surface area contributed by atoms with Gasteiger partial charge in [0.05, 0.1) is 0 Å². The molecule has 0 saturated heterocycles. The molecule has 1 heterocycles. The molecule has 0 atom stereocenters.